The maximum Gasteiger partial charge on any atom is 0.328 e. The number of carbonyl (C=O) groups excluding carboxylic acids is 2. The van der Waals surface area contributed by atoms with Crippen molar-refractivity contribution < 1.29 is 23.8 Å². The number of esters is 1. The monoisotopic (exact) mass is 397 g/mol. The molecule has 8 heteroatoms. The number of benzene rings is 1. The van der Waals surface area contributed by atoms with Crippen LogP contribution in [0.15, 0.2) is 41.9 Å². The molecule has 2 atom stereocenters. The van der Waals surface area contributed by atoms with Crippen molar-refractivity contribution in [3.63, 3.8) is 0 Å². The molecule has 1 aromatic rings. The van der Waals surface area contributed by atoms with E-state index in [4.69, 9.17) is 37.4 Å². The quantitative estimate of drug-likeness (QED) is 0.771. The lowest BCUT2D eigenvalue weighted by Gasteiger charge is -2.21. The average Bonchev–Trinajstić information content (AvgIpc) is 3.10. The van der Waals surface area contributed by atoms with E-state index in [0.29, 0.717) is 17.2 Å². The van der Waals surface area contributed by atoms with Gasteiger partial charge in [0.15, 0.2) is 6.10 Å². The second-order valence-corrected chi connectivity index (χ2v) is 6.72. The Morgan fingerprint density at radius 3 is 2.96 bits per heavy atom. The van der Waals surface area contributed by atoms with Gasteiger partial charge >= 0.3 is 5.97 Å². The van der Waals surface area contributed by atoms with Crippen LogP contribution in [0.5, 0.6) is 0 Å². The first kappa shape index (κ1) is 18.6. The number of halogens is 2. The first-order chi connectivity index (χ1) is 12.5. The number of hydrogen-bond donors (Lipinski definition) is 1. The summed E-state index contributed by atoms with van der Waals surface area (Å²) < 4.78 is 15.9. The number of allylic oxidation sites excluding steroid dienone is 1. The van der Waals surface area contributed by atoms with E-state index in [9.17, 15) is 9.59 Å². The van der Waals surface area contributed by atoms with Gasteiger partial charge in [0, 0.05) is 17.9 Å². The minimum Gasteiger partial charge on any atom is -0.494 e. The van der Waals surface area contributed by atoms with Crippen molar-refractivity contribution in [1.29, 1.82) is 0 Å². The fourth-order valence-electron chi connectivity index (χ4n) is 2.76. The zero-order valence-electron chi connectivity index (χ0n) is 14.0. The molecule has 3 rings (SSSR count). The lowest BCUT2D eigenvalue weighted by atomic mass is 10.0. The molecular weight excluding hydrogens is 381 g/mol. The van der Waals surface area contributed by atoms with E-state index in [-0.39, 0.29) is 23.1 Å². The van der Waals surface area contributed by atoms with E-state index in [1.807, 2.05) is 6.08 Å². The van der Waals surface area contributed by atoms with Crippen LogP contribution < -0.4 is 5.32 Å². The first-order valence-corrected chi connectivity index (χ1v) is 8.76. The smallest absolute Gasteiger partial charge is 0.328 e. The highest BCUT2D eigenvalue weighted by Crippen LogP contribution is 2.28. The van der Waals surface area contributed by atoms with E-state index in [1.165, 1.54) is 19.2 Å². The van der Waals surface area contributed by atoms with E-state index in [0.717, 1.165) is 12.2 Å². The Hall–Kier alpha value is -2.18. The van der Waals surface area contributed by atoms with Crippen LogP contribution in [0.25, 0.3) is 0 Å². The van der Waals surface area contributed by atoms with Crippen LogP contribution in [0.2, 0.25) is 10.0 Å². The lowest BCUT2D eigenvalue weighted by Crippen LogP contribution is -2.42. The predicted octanol–water partition coefficient (Wildman–Crippen LogP) is 3.24. The molecule has 1 saturated heterocycles. The molecule has 0 spiro atoms. The number of ether oxygens (including phenoxy) is 3. The molecule has 2 aliphatic heterocycles. The minimum absolute atomic E-state index is 0.0739. The van der Waals surface area contributed by atoms with Crippen LogP contribution in [0, 0.1) is 0 Å². The summed E-state index contributed by atoms with van der Waals surface area (Å²) in [5.41, 5.74) is 0.894. The van der Waals surface area contributed by atoms with Crippen LogP contribution in [-0.2, 0) is 19.0 Å². The Kier molecular flexibility index (Phi) is 5.74. The van der Waals surface area contributed by atoms with Gasteiger partial charge in [-0.1, -0.05) is 23.2 Å². The molecule has 1 N–H and O–H groups in total. The molecular formula is C18H17Cl2NO5. The zero-order chi connectivity index (χ0) is 18.7. The maximum atomic E-state index is 12.5. The van der Waals surface area contributed by atoms with E-state index < -0.39 is 17.9 Å². The fraction of sp³-hybridized carbons (Fsp3) is 0.333. The second kappa shape index (κ2) is 8.01. The molecule has 0 saturated carbocycles. The van der Waals surface area contributed by atoms with Crippen LogP contribution >= 0.6 is 23.2 Å². The fourth-order valence-corrected chi connectivity index (χ4v) is 3.14. The number of methoxy groups -OCH3 is 1. The maximum absolute atomic E-state index is 12.5. The predicted molar refractivity (Wildman–Crippen MR) is 96.0 cm³/mol. The zero-order valence-corrected chi connectivity index (χ0v) is 15.5. The number of hydrogen-bond acceptors (Lipinski definition) is 5. The summed E-state index contributed by atoms with van der Waals surface area (Å²) in [6.07, 6.45) is 4.32. The van der Waals surface area contributed by atoms with Gasteiger partial charge in [0.2, 0.25) is 0 Å². The third-order valence-electron chi connectivity index (χ3n) is 4.08. The van der Waals surface area contributed by atoms with Crippen molar-refractivity contribution in [2.45, 2.75) is 25.0 Å². The van der Waals surface area contributed by atoms with Crippen molar-refractivity contribution >= 4 is 35.1 Å². The number of amides is 1. The standard InChI is InChI=1S/C18H17Cl2NO5/c1-24-18(23)14(6-10-7-16-15(26-9-10)4-5-25-16)21-17(22)12-8-11(19)2-3-13(12)20/h2-3,7-9,14-15H,4-6H2,1H3,(H,21,22). The highest BCUT2D eigenvalue weighted by molar-refractivity contribution is 6.35. The van der Waals surface area contributed by atoms with Gasteiger partial charge in [-0.15, -0.1) is 0 Å². The van der Waals surface area contributed by atoms with Crippen molar-refractivity contribution in [2.24, 2.45) is 0 Å². The van der Waals surface area contributed by atoms with Gasteiger partial charge < -0.3 is 19.5 Å². The second-order valence-electron chi connectivity index (χ2n) is 5.88. The molecule has 0 bridgehead atoms. The molecule has 1 amide bonds. The van der Waals surface area contributed by atoms with Crippen LogP contribution in [0.4, 0.5) is 0 Å². The van der Waals surface area contributed by atoms with Crippen LogP contribution in [-0.4, -0.2) is 37.7 Å². The lowest BCUT2D eigenvalue weighted by molar-refractivity contribution is -0.142. The Balaban J connectivity index is 1.74. The molecule has 0 radical (unpaired) electrons. The Morgan fingerprint density at radius 2 is 2.19 bits per heavy atom. The van der Waals surface area contributed by atoms with Gasteiger partial charge in [0.1, 0.15) is 11.8 Å². The highest BCUT2D eigenvalue weighted by Gasteiger charge is 2.29. The van der Waals surface area contributed by atoms with Gasteiger partial charge in [-0.3, -0.25) is 4.79 Å². The van der Waals surface area contributed by atoms with Gasteiger partial charge in [-0.25, -0.2) is 4.79 Å². The first-order valence-electron chi connectivity index (χ1n) is 8.00. The molecule has 2 unspecified atom stereocenters. The van der Waals surface area contributed by atoms with Gasteiger partial charge in [-0.2, -0.15) is 0 Å². The normalized spacial score (nSPS) is 19.3. The molecule has 6 nitrogen and oxygen atoms in total. The summed E-state index contributed by atoms with van der Waals surface area (Å²) >= 11 is 12.0. The number of rotatable bonds is 5. The van der Waals surface area contributed by atoms with Gasteiger partial charge in [0.25, 0.3) is 5.91 Å². The van der Waals surface area contributed by atoms with Crippen molar-refractivity contribution in [2.75, 3.05) is 13.7 Å². The Morgan fingerprint density at radius 1 is 1.38 bits per heavy atom. The summed E-state index contributed by atoms with van der Waals surface area (Å²) in [5.74, 6) is -0.367. The van der Waals surface area contributed by atoms with Crippen LogP contribution in [0.3, 0.4) is 0 Å². The highest BCUT2D eigenvalue weighted by atomic mass is 35.5. The molecule has 2 heterocycles. The van der Waals surface area contributed by atoms with E-state index in [1.54, 1.807) is 12.3 Å². The van der Waals surface area contributed by atoms with Gasteiger partial charge in [0.05, 0.1) is 30.6 Å². The molecule has 138 valence electrons. The molecule has 2 aliphatic rings. The number of carbonyl (C=O) groups is 2. The SMILES string of the molecule is COC(=O)C(CC1=COC2CCOC2=C1)NC(=O)c1cc(Cl)ccc1Cl. The third kappa shape index (κ3) is 4.14. The molecule has 0 aromatic heterocycles. The molecule has 1 aromatic carbocycles. The Labute approximate surface area is 160 Å². The minimum atomic E-state index is -0.910. The number of nitrogens with one attached hydrogen (secondary N) is 1. The molecule has 26 heavy (non-hydrogen) atoms. The largest absolute Gasteiger partial charge is 0.494 e. The molecule has 1 fully saturated rings. The summed E-state index contributed by atoms with van der Waals surface area (Å²) in [4.78, 5) is 24.6. The van der Waals surface area contributed by atoms with Crippen LogP contribution in [0.1, 0.15) is 23.2 Å². The summed E-state index contributed by atoms with van der Waals surface area (Å²) in [7, 11) is 1.26. The summed E-state index contributed by atoms with van der Waals surface area (Å²) in [6, 6.07) is 3.63. The Bertz CT molecular complexity index is 790. The third-order valence-corrected chi connectivity index (χ3v) is 4.65. The molecule has 0 aliphatic carbocycles. The van der Waals surface area contributed by atoms with Crippen molar-refractivity contribution in [3.05, 3.63) is 57.5 Å². The van der Waals surface area contributed by atoms with E-state index >= 15 is 0 Å². The topological polar surface area (TPSA) is 73.9 Å². The van der Waals surface area contributed by atoms with Crippen molar-refractivity contribution in [3.8, 4) is 0 Å². The summed E-state index contributed by atoms with van der Waals surface area (Å²) in [5, 5.41) is 3.24. The van der Waals surface area contributed by atoms with Crippen molar-refractivity contribution in [1.82, 2.24) is 5.32 Å². The summed E-state index contributed by atoms with van der Waals surface area (Å²) in [6.45, 7) is 0.599. The number of fused-ring (bicyclic) bond motifs is 1. The average molecular weight is 398 g/mol. The van der Waals surface area contributed by atoms with E-state index in [2.05, 4.69) is 5.32 Å². The van der Waals surface area contributed by atoms with Gasteiger partial charge in [-0.05, 0) is 29.8 Å².